The Labute approximate surface area is 209 Å². The summed E-state index contributed by atoms with van der Waals surface area (Å²) >= 11 is 0. The summed E-state index contributed by atoms with van der Waals surface area (Å²) in [6.07, 6.45) is 3.38. The molecule has 0 unspecified atom stereocenters. The molecule has 0 spiro atoms. The lowest BCUT2D eigenvalue weighted by Gasteiger charge is -2.35. The molecule has 5 rings (SSSR count). The van der Waals surface area contributed by atoms with Crippen LogP contribution < -0.4 is 10.1 Å². The van der Waals surface area contributed by atoms with Crippen LogP contribution in [0.3, 0.4) is 0 Å². The van der Waals surface area contributed by atoms with E-state index in [0.717, 1.165) is 41.1 Å². The molecule has 1 N–H and O–H groups in total. The van der Waals surface area contributed by atoms with Crippen molar-refractivity contribution in [3.8, 4) is 16.9 Å². The van der Waals surface area contributed by atoms with Gasteiger partial charge < -0.3 is 19.5 Å². The molecule has 3 aromatic rings. The zero-order chi connectivity index (χ0) is 25.4. The summed E-state index contributed by atoms with van der Waals surface area (Å²) in [5.74, 6) is -0.0583. The predicted octanol–water partition coefficient (Wildman–Crippen LogP) is 4.22. The topological polar surface area (TPSA) is 87.5 Å². The summed E-state index contributed by atoms with van der Waals surface area (Å²) in [5.41, 5.74) is 4.82. The highest BCUT2D eigenvalue weighted by atomic mass is 19.1. The number of anilines is 1. The van der Waals surface area contributed by atoms with Gasteiger partial charge in [-0.2, -0.15) is 5.10 Å². The summed E-state index contributed by atoms with van der Waals surface area (Å²) in [5, 5.41) is 7.38. The van der Waals surface area contributed by atoms with Crippen LogP contribution in [0, 0.1) is 19.7 Å². The molecule has 1 saturated heterocycles. The Morgan fingerprint density at radius 2 is 2.03 bits per heavy atom. The zero-order valence-electron chi connectivity index (χ0n) is 21.1. The molecule has 1 amide bonds. The van der Waals surface area contributed by atoms with Crippen molar-refractivity contribution in [1.29, 1.82) is 0 Å². The van der Waals surface area contributed by atoms with Crippen molar-refractivity contribution in [2.24, 2.45) is 7.05 Å². The molecule has 1 atom stereocenters. The lowest BCUT2D eigenvalue weighted by Crippen LogP contribution is -2.37. The fraction of sp³-hybridized carbons (Fsp3) is 0.444. The van der Waals surface area contributed by atoms with Gasteiger partial charge in [0.05, 0.1) is 23.3 Å². The number of halogens is 1. The number of carbonyl (C=O) groups is 1. The van der Waals surface area contributed by atoms with Gasteiger partial charge in [-0.3, -0.25) is 14.5 Å². The van der Waals surface area contributed by atoms with E-state index in [2.05, 4.69) is 15.4 Å². The van der Waals surface area contributed by atoms with Gasteiger partial charge in [-0.1, -0.05) is 0 Å². The number of hydrogen-bond donors (Lipinski definition) is 1. The number of aromatic nitrogens is 3. The lowest BCUT2D eigenvalue weighted by molar-refractivity contribution is -0.123. The minimum Gasteiger partial charge on any atom is -0.480 e. The third-order valence-corrected chi connectivity index (χ3v) is 7.33. The first-order valence-corrected chi connectivity index (χ1v) is 12.2. The number of ether oxygens (including phenoxy) is 3. The quantitative estimate of drug-likeness (QED) is 0.572. The van der Waals surface area contributed by atoms with Crippen LogP contribution >= 0.6 is 0 Å². The Morgan fingerprint density at radius 1 is 1.25 bits per heavy atom. The van der Waals surface area contributed by atoms with E-state index >= 15 is 0 Å². The standard InChI is InChI=1S/C27H31FN4O4/c1-16-24(17(2)32(3)31-16)21-14-19(28)13-18-5-7-22(36-25(18)21)26(33)30-20-6-8-23(29-15-20)27(34-4)9-11-35-12-10-27/h6,8,13-15,22H,5,7,9-12H2,1-4H3,(H,30,33)/t22-/m1/s1. The second kappa shape index (κ2) is 9.63. The Balaban J connectivity index is 1.35. The van der Waals surface area contributed by atoms with Crippen molar-refractivity contribution in [3.05, 3.63) is 58.9 Å². The number of amides is 1. The summed E-state index contributed by atoms with van der Waals surface area (Å²) in [6.45, 7) is 5.07. The van der Waals surface area contributed by atoms with Crippen molar-refractivity contribution >= 4 is 11.6 Å². The van der Waals surface area contributed by atoms with Crippen molar-refractivity contribution in [3.63, 3.8) is 0 Å². The molecule has 9 heteroatoms. The maximum absolute atomic E-state index is 14.5. The average molecular weight is 495 g/mol. The first-order chi connectivity index (χ1) is 17.3. The minimum absolute atomic E-state index is 0.266. The number of nitrogens with zero attached hydrogens (tertiary/aromatic N) is 3. The number of hydrogen-bond acceptors (Lipinski definition) is 6. The SMILES string of the molecule is COC1(c2ccc(NC(=O)[C@H]3CCc4cc(F)cc(-c5c(C)nn(C)c5C)c4O3)cn2)CCOCC1. The van der Waals surface area contributed by atoms with Crippen molar-refractivity contribution in [1.82, 2.24) is 14.8 Å². The molecular weight excluding hydrogens is 463 g/mol. The lowest BCUT2D eigenvalue weighted by atomic mass is 9.90. The van der Waals surface area contributed by atoms with Gasteiger partial charge in [0.15, 0.2) is 6.10 Å². The number of pyridine rings is 1. The Morgan fingerprint density at radius 3 is 2.67 bits per heavy atom. The van der Waals surface area contributed by atoms with E-state index in [4.69, 9.17) is 14.2 Å². The van der Waals surface area contributed by atoms with Crippen molar-refractivity contribution in [2.45, 2.75) is 51.2 Å². The molecule has 8 nitrogen and oxygen atoms in total. The molecule has 190 valence electrons. The van der Waals surface area contributed by atoms with Gasteiger partial charge in [0.1, 0.15) is 17.2 Å². The highest BCUT2D eigenvalue weighted by Crippen LogP contribution is 2.41. The van der Waals surface area contributed by atoms with Crippen LogP contribution in [0.15, 0.2) is 30.5 Å². The molecule has 0 bridgehead atoms. The molecule has 0 aliphatic carbocycles. The Kier molecular flexibility index (Phi) is 6.53. The number of nitrogens with one attached hydrogen (secondary N) is 1. The van der Waals surface area contributed by atoms with Gasteiger partial charge in [0.2, 0.25) is 0 Å². The van der Waals surface area contributed by atoms with Crippen LogP contribution in [-0.4, -0.2) is 47.1 Å². The maximum Gasteiger partial charge on any atom is 0.265 e. The van der Waals surface area contributed by atoms with Gasteiger partial charge in [-0.25, -0.2) is 4.39 Å². The molecule has 1 fully saturated rings. The highest BCUT2D eigenvalue weighted by Gasteiger charge is 2.36. The number of aryl methyl sites for hydroxylation is 3. The Hall–Kier alpha value is -3.30. The zero-order valence-corrected chi connectivity index (χ0v) is 21.1. The predicted molar refractivity (Wildman–Crippen MR) is 132 cm³/mol. The van der Waals surface area contributed by atoms with Gasteiger partial charge in [-0.05, 0) is 56.5 Å². The van der Waals surface area contributed by atoms with E-state index in [0.29, 0.717) is 43.1 Å². The highest BCUT2D eigenvalue weighted by molar-refractivity contribution is 5.94. The molecule has 2 aliphatic rings. The second-order valence-electron chi connectivity index (χ2n) is 9.49. The first-order valence-electron chi connectivity index (χ1n) is 12.2. The van der Waals surface area contributed by atoms with E-state index in [-0.39, 0.29) is 11.7 Å². The fourth-order valence-corrected chi connectivity index (χ4v) is 5.22. The number of methoxy groups -OCH3 is 1. The van der Waals surface area contributed by atoms with Crippen LogP contribution in [0.5, 0.6) is 5.75 Å². The van der Waals surface area contributed by atoms with Crippen molar-refractivity contribution < 1.29 is 23.4 Å². The molecule has 4 heterocycles. The molecular formula is C27H31FN4O4. The molecule has 2 aromatic heterocycles. The maximum atomic E-state index is 14.5. The van der Waals surface area contributed by atoms with Gasteiger partial charge in [0, 0.05) is 57.0 Å². The minimum atomic E-state index is -0.709. The van der Waals surface area contributed by atoms with Crippen LogP contribution in [0.4, 0.5) is 10.1 Å². The van der Waals surface area contributed by atoms with Crippen molar-refractivity contribution in [2.75, 3.05) is 25.6 Å². The Bertz CT molecular complexity index is 1280. The smallest absolute Gasteiger partial charge is 0.265 e. The van der Waals surface area contributed by atoms with Crippen LogP contribution in [0.2, 0.25) is 0 Å². The van der Waals surface area contributed by atoms with Crippen LogP contribution in [0.25, 0.3) is 11.1 Å². The molecule has 0 radical (unpaired) electrons. The molecule has 1 aromatic carbocycles. The molecule has 0 saturated carbocycles. The summed E-state index contributed by atoms with van der Waals surface area (Å²) < 4.78 is 33.7. The van der Waals surface area contributed by atoms with Crippen LogP contribution in [0.1, 0.15) is 41.9 Å². The molecule has 36 heavy (non-hydrogen) atoms. The van der Waals surface area contributed by atoms with Crippen LogP contribution in [-0.2, 0) is 33.3 Å². The first kappa shape index (κ1) is 24.4. The number of rotatable bonds is 5. The van der Waals surface area contributed by atoms with E-state index < -0.39 is 11.7 Å². The van der Waals surface area contributed by atoms with E-state index in [1.807, 2.05) is 33.0 Å². The van der Waals surface area contributed by atoms with Gasteiger partial charge in [0.25, 0.3) is 5.91 Å². The summed E-state index contributed by atoms with van der Waals surface area (Å²) in [4.78, 5) is 17.7. The van der Waals surface area contributed by atoms with E-state index in [9.17, 15) is 9.18 Å². The normalized spacial score (nSPS) is 18.9. The average Bonchev–Trinajstić information content (AvgIpc) is 3.14. The molecule has 2 aliphatic heterocycles. The van der Waals surface area contributed by atoms with E-state index in [1.54, 1.807) is 18.0 Å². The fourth-order valence-electron chi connectivity index (χ4n) is 5.22. The van der Waals surface area contributed by atoms with Gasteiger partial charge in [-0.15, -0.1) is 0 Å². The summed E-state index contributed by atoms with van der Waals surface area (Å²) in [7, 11) is 3.54. The van der Waals surface area contributed by atoms with Gasteiger partial charge >= 0.3 is 0 Å². The number of fused-ring (bicyclic) bond motifs is 1. The van der Waals surface area contributed by atoms with E-state index in [1.165, 1.54) is 12.1 Å². The number of benzene rings is 1. The largest absolute Gasteiger partial charge is 0.480 e. The number of carbonyl (C=O) groups excluding carboxylic acids is 1. The monoisotopic (exact) mass is 494 g/mol. The third kappa shape index (κ3) is 4.37. The third-order valence-electron chi connectivity index (χ3n) is 7.33. The summed E-state index contributed by atoms with van der Waals surface area (Å²) in [6, 6.07) is 6.66. The second-order valence-corrected chi connectivity index (χ2v) is 9.49.